The van der Waals surface area contributed by atoms with Crippen molar-refractivity contribution in [1.29, 1.82) is 0 Å². The van der Waals surface area contributed by atoms with Crippen molar-refractivity contribution in [3.8, 4) is 0 Å². The number of carbonyl (C=O) groups excluding carboxylic acids is 2. The number of hydrogen-bond donors (Lipinski definition) is 3. The molecule has 6 heteroatoms. The summed E-state index contributed by atoms with van der Waals surface area (Å²) in [6.45, 7) is 4.94. The van der Waals surface area contributed by atoms with E-state index in [2.05, 4.69) is 19.2 Å². The highest BCUT2D eigenvalue weighted by Gasteiger charge is 2.18. The van der Waals surface area contributed by atoms with E-state index >= 15 is 0 Å². The third kappa shape index (κ3) is 61.8. The molecule has 0 fully saturated rings. The maximum absolute atomic E-state index is 12.5. The van der Waals surface area contributed by atoms with E-state index < -0.39 is 12.1 Å². The lowest BCUT2D eigenvalue weighted by Crippen LogP contribution is -2.45. The number of aliphatic hydroxyl groups excluding tert-OH is 2. The second-order valence-corrected chi connectivity index (χ2v) is 24.2. The van der Waals surface area contributed by atoms with E-state index in [0.717, 1.165) is 38.5 Å². The Morgan fingerprint density at radius 1 is 0.355 bits per heavy atom. The number of carbonyl (C=O) groups is 2. The number of amides is 1. The van der Waals surface area contributed by atoms with Crippen LogP contribution >= 0.6 is 0 Å². The van der Waals surface area contributed by atoms with Crippen molar-refractivity contribution < 1.29 is 24.5 Å². The molecule has 0 aromatic heterocycles. The minimum absolute atomic E-state index is 0.0227. The van der Waals surface area contributed by atoms with E-state index in [4.69, 9.17) is 4.74 Å². The Hall–Kier alpha value is -1.40. The van der Waals surface area contributed by atoms with Gasteiger partial charge in [-0.15, -0.1) is 0 Å². The van der Waals surface area contributed by atoms with E-state index in [-0.39, 0.29) is 18.5 Å². The molecular formula is C70H137NO5. The Morgan fingerprint density at radius 3 is 0.895 bits per heavy atom. The zero-order chi connectivity index (χ0) is 55.0. The number of allylic oxidation sites excluding steroid dienone is 1. The van der Waals surface area contributed by atoms with Gasteiger partial charge in [0, 0.05) is 12.8 Å². The summed E-state index contributed by atoms with van der Waals surface area (Å²) in [6, 6.07) is -0.623. The van der Waals surface area contributed by atoms with Gasteiger partial charge in [-0.25, -0.2) is 0 Å². The third-order valence-electron chi connectivity index (χ3n) is 16.6. The van der Waals surface area contributed by atoms with Crippen LogP contribution < -0.4 is 5.32 Å². The molecule has 0 heterocycles. The minimum atomic E-state index is -0.840. The monoisotopic (exact) mass is 1070 g/mol. The van der Waals surface area contributed by atoms with E-state index in [9.17, 15) is 19.8 Å². The predicted octanol–water partition coefficient (Wildman–Crippen LogP) is 22.4. The quantitative estimate of drug-likeness (QED) is 0.0320. The van der Waals surface area contributed by atoms with Crippen molar-refractivity contribution in [3.05, 3.63) is 12.2 Å². The van der Waals surface area contributed by atoms with Crippen LogP contribution in [0.2, 0.25) is 0 Å². The zero-order valence-corrected chi connectivity index (χ0v) is 51.8. The van der Waals surface area contributed by atoms with Gasteiger partial charge in [0.2, 0.25) is 5.91 Å². The molecule has 2 unspecified atom stereocenters. The Balaban J connectivity index is 3.33. The lowest BCUT2D eigenvalue weighted by atomic mass is 10.0. The van der Waals surface area contributed by atoms with Gasteiger partial charge < -0.3 is 20.3 Å². The lowest BCUT2D eigenvalue weighted by molar-refractivity contribution is -0.143. The smallest absolute Gasteiger partial charge is 0.305 e. The molecule has 0 bridgehead atoms. The maximum atomic E-state index is 12.5. The topological polar surface area (TPSA) is 95.9 Å². The first kappa shape index (κ1) is 74.6. The molecule has 1 amide bonds. The maximum Gasteiger partial charge on any atom is 0.305 e. The standard InChI is InChI=1S/C70H137NO5/c1-3-5-7-9-11-13-15-17-35-39-42-46-50-54-58-62-68(73)67(66-72)71-69(74)63-59-55-51-47-43-40-36-33-31-29-27-25-23-21-19-18-20-22-24-26-28-30-32-34-37-41-45-49-53-57-61-65-76-70(75)64-60-56-52-48-44-38-16-14-12-10-8-6-4-2/h58,62,67-68,72-73H,3-57,59-61,63-66H2,1-2H3,(H,71,74)/b62-58+. The predicted molar refractivity (Wildman–Crippen MR) is 333 cm³/mol. The molecule has 2 atom stereocenters. The van der Waals surface area contributed by atoms with Crippen molar-refractivity contribution in [2.75, 3.05) is 13.2 Å². The van der Waals surface area contributed by atoms with Gasteiger partial charge in [-0.2, -0.15) is 0 Å². The molecule has 3 N–H and O–H groups in total. The summed E-state index contributed by atoms with van der Waals surface area (Å²) in [4.78, 5) is 24.5. The highest BCUT2D eigenvalue weighted by Crippen LogP contribution is 2.19. The molecule has 0 aliphatic carbocycles. The van der Waals surface area contributed by atoms with Crippen molar-refractivity contribution in [1.82, 2.24) is 5.32 Å². The van der Waals surface area contributed by atoms with Gasteiger partial charge in [0.1, 0.15) is 0 Å². The average Bonchev–Trinajstić information content (AvgIpc) is 3.42. The Bertz CT molecular complexity index is 1140. The van der Waals surface area contributed by atoms with Gasteiger partial charge >= 0.3 is 5.97 Å². The second kappa shape index (κ2) is 66.1. The first-order chi connectivity index (χ1) is 37.5. The van der Waals surface area contributed by atoms with Crippen LogP contribution in [0, 0.1) is 0 Å². The highest BCUT2D eigenvalue weighted by molar-refractivity contribution is 5.76. The molecule has 0 radical (unpaired) electrons. The molecular weight excluding hydrogens is 935 g/mol. The van der Waals surface area contributed by atoms with Crippen molar-refractivity contribution in [2.24, 2.45) is 0 Å². The summed E-state index contributed by atoms with van der Waals surface area (Å²) in [5.41, 5.74) is 0. The van der Waals surface area contributed by atoms with E-state index in [0.29, 0.717) is 19.4 Å². The van der Waals surface area contributed by atoms with Crippen LogP contribution in [0.5, 0.6) is 0 Å². The lowest BCUT2D eigenvalue weighted by Gasteiger charge is -2.20. The number of rotatable bonds is 66. The SMILES string of the molecule is CCCCCCCCCCCCCCC/C=C/C(O)C(CO)NC(=O)CCCCCCCCCCCCCCCCCCCCCCCCCCCCCCCCCOC(=O)CCCCCCCCCCCCCCC. The number of esters is 1. The van der Waals surface area contributed by atoms with E-state index in [1.807, 2.05) is 6.08 Å². The van der Waals surface area contributed by atoms with Crippen molar-refractivity contribution in [2.45, 2.75) is 411 Å². The van der Waals surface area contributed by atoms with Crippen LogP contribution in [0.15, 0.2) is 12.2 Å². The van der Waals surface area contributed by atoms with Crippen molar-refractivity contribution >= 4 is 11.9 Å². The average molecular weight is 1070 g/mol. The summed E-state index contributed by atoms with van der Waals surface area (Å²) in [6.07, 6.45) is 81.5. The fraction of sp³-hybridized carbons (Fsp3) is 0.943. The van der Waals surface area contributed by atoms with Crippen LogP contribution in [0.3, 0.4) is 0 Å². The first-order valence-electron chi connectivity index (χ1n) is 35.0. The molecule has 0 aromatic carbocycles. The molecule has 0 spiro atoms. The normalized spacial score (nSPS) is 12.5. The summed E-state index contributed by atoms with van der Waals surface area (Å²) < 4.78 is 5.49. The Labute approximate surface area is 476 Å². The molecule has 0 saturated heterocycles. The van der Waals surface area contributed by atoms with Crippen molar-refractivity contribution in [3.63, 3.8) is 0 Å². The summed E-state index contributed by atoms with van der Waals surface area (Å²) in [7, 11) is 0. The molecule has 0 rings (SSSR count). The summed E-state index contributed by atoms with van der Waals surface area (Å²) >= 11 is 0. The van der Waals surface area contributed by atoms with Crippen LogP contribution in [0.25, 0.3) is 0 Å². The molecule has 0 saturated carbocycles. The van der Waals surface area contributed by atoms with E-state index in [1.54, 1.807) is 6.08 Å². The highest BCUT2D eigenvalue weighted by atomic mass is 16.5. The fourth-order valence-electron chi connectivity index (χ4n) is 11.2. The fourth-order valence-corrected chi connectivity index (χ4v) is 11.2. The van der Waals surface area contributed by atoms with E-state index in [1.165, 1.54) is 334 Å². The molecule has 0 aromatic rings. The number of hydrogen-bond acceptors (Lipinski definition) is 5. The number of nitrogens with one attached hydrogen (secondary N) is 1. The Kier molecular flexibility index (Phi) is 64.9. The number of ether oxygens (including phenoxy) is 1. The molecule has 0 aliphatic heterocycles. The van der Waals surface area contributed by atoms with Crippen LogP contribution in [-0.2, 0) is 14.3 Å². The van der Waals surface area contributed by atoms with Gasteiger partial charge in [0.15, 0.2) is 0 Å². The van der Waals surface area contributed by atoms with Gasteiger partial charge in [0.05, 0.1) is 25.4 Å². The molecule has 76 heavy (non-hydrogen) atoms. The third-order valence-corrected chi connectivity index (χ3v) is 16.6. The summed E-state index contributed by atoms with van der Waals surface area (Å²) in [5, 5.41) is 23.2. The van der Waals surface area contributed by atoms with Crippen LogP contribution in [0.4, 0.5) is 0 Å². The zero-order valence-electron chi connectivity index (χ0n) is 51.8. The van der Waals surface area contributed by atoms with Gasteiger partial charge in [-0.3, -0.25) is 9.59 Å². The largest absolute Gasteiger partial charge is 0.466 e. The number of aliphatic hydroxyl groups is 2. The molecule has 452 valence electrons. The van der Waals surface area contributed by atoms with Crippen LogP contribution in [0.1, 0.15) is 399 Å². The van der Waals surface area contributed by atoms with Crippen LogP contribution in [-0.4, -0.2) is 47.4 Å². The summed E-state index contributed by atoms with van der Waals surface area (Å²) in [5.74, 6) is -0.0382. The minimum Gasteiger partial charge on any atom is -0.466 e. The van der Waals surface area contributed by atoms with Gasteiger partial charge in [0.25, 0.3) is 0 Å². The van der Waals surface area contributed by atoms with Gasteiger partial charge in [-0.05, 0) is 32.1 Å². The Morgan fingerprint density at radius 2 is 0.605 bits per heavy atom. The van der Waals surface area contributed by atoms with Gasteiger partial charge in [-0.1, -0.05) is 366 Å². The molecule has 6 nitrogen and oxygen atoms in total. The number of unbranched alkanes of at least 4 members (excludes halogenated alkanes) is 55. The molecule has 0 aliphatic rings. The first-order valence-corrected chi connectivity index (χ1v) is 35.0. The second-order valence-electron chi connectivity index (χ2n) is 24.2.